The average molecular weight is 317 g/mol. The Kier molecular flexibility index (Phi) is 6.02. The standard InChI is InChI=1S/C12H10Cl2N2O4/c1-20-8-4-2-7(3-5-8)11(17)16-15-6-9(13)10(14)12(18)19/h2-6H,1H3,(H,16,17)(H,18,19)/b10-9-,15-6+. The zero-order valence-electron chi connectivity index (χ0n) is 10.3. The van der Waals surface area contributed by atoms with Crippen molar-refractivity contribution >= 4 is 41.3 Å². The van der Waals surface area contributed by atoms with Crippen molar-refractivity contribution in [1.82, 2.24) is 5.43 Å². The van der Waals surface area contributed by atoms with Crippen LogP contribution in [0.15, 0.2) is 39.4 Å². The largest absolute Gasteiger partial charge is 0.497 e. The van der Waals surface area contributed by atoms with Gasteiger partial charge in [-0.3, -0.25) is 4.79 Å². The topological polar surface area (TPSA) is 88.0 Å². The van der Waals surface area contributed by atoms with Gasteiger partial charge in [0, 0.05) is 5.56 Å². The number of allylic oxidation sites excluding steroid dienone is 1. The lowest BCUT2D eigenvalue weighted by atomic mass is 10.2. The first-order valence-electron chi connectivity index (χ1n) is 5.21. The van der Waals surface area contributed by atoms with Gasteiger partial charge in [-0.2, -0.15) is 5.10 Å². The minimum absolute atomic E-state index is 0.297. The Balaban J connectivity index is 2.67. The lowest BCUT2D eigenvalue weighted by Crippen LogP contribution is -2.17. The summed E-state index contributed by atoms with van der Waals surface area (Å²) in [5.74, 6) is -1.26. The predicted octanol–water partition coefficient (Wildman–Crippen LogP) is 2.18. The minimum atomic E-state index is -1.38. The van der Waals surface area contributed by atoms with Crippen LogP contribution >= 0.6 is 23.2 Å². The molecular formula is C12H10Cl2N2O4. The Morgan fingerprint density at radius 3 is 2.40 bits per heavy atom. The summed E-state index contributed by atoms with van der Waals surface area (Å²) >= 11 is 10.9. The van der Waals surface area contributed by atoms with Crippen molar-refractivity contribution in [3.8, 4) is 5.75 Å². The number of rotatable bonds is 5. The fraction of sp³-hybridized carbons (Fsp3) is 0.0833. The van der Waals surface area contributed by atoms with Gasteiger partial charge in [0.1, 0.15) is 10.8 Å². The van der Waals surface area contributed by atoms with Crippen LogP contribution in [0, 0.1) is 0 Å². The van der Waals surface area contributed by atoms with Crippen molar-refractivity contribution in [2.75, 3.05) is 7.11 Å². The second-order valence-corrected chi connectivity index (χ2v) is 4.18. The van der Waals surface area contributed by atoms with Crippen molar-refractivity contribution in [3.05, 3.63) is 39.9 Å². The van der Waals surface area contributed by atoms with Gasteiger partial charge in [0.25, 0.3) is 5.91 Å². The zero-order chi connectivity index (χ0) is 15.1. The van der Waals surface area contributed by atoms with Gasteiger partial charge in [0.05, 0.1) is 18.4 Å². The summed E-state index contributed by atoms with van der Waals surface area (Å²) in [4.78, 5) is 22.1. The van der Waals surface area contributed by atoms with E-state index in [4.69, 9.17) is 33.0 Å². The number of ether oxygens (including phenoxy) is 1. The SMILES string of the molecule is COc1ccc(C(=O)N/N=C/C(Cl)=C(/Cl)C(=O)O)cc1. The minimum Gasteiger partial charge on any atom is -0.497 e. The average Bonchev–Trinajstić information content (AvgIpc) is 2.46. The van der Waals surface area contributed by atoms with Crippen LogP contribution in [-0.4, -0.2) is 30.3 Å². The summed E-state index contributed by atoms with van der Waals surface area (Å²) in [5.41, 5.74) is 2.53. The molecule has 0 saturated carbocycles. The van der Waals surface area contributed by atoms with Crippen molar-refractivity contribution < 1.29 is 19.4 Å². The Bertz CT molecular complexity index is 567. The number of hydrogen-bond donors (Lipinski definition) is 2. The van der Waals surface area contributed by atoms with E-state index >= 15 is 0 Å². The summed E-state index contributed by atoms with van der Waals surface area (Å²) < 4.78 is 4.96. The normalized spacial score (nSPS) is 11.9. The Morgan fingerprint density at radius 1 is 1.30 bits per heavy atom. The van der Waals surface area contributed by atoms with E-state index in [9.17, 15) is 9.59 Å². The highest BCUT2D eigenvalue weighted by atomic mass is 35.5. The van der Waals surface area contributed by atoms with Gasteiger partial charge < -0.3 is 9.84 Å². The molecule has 106 valence electrons. The number of nitrogens with one attached hydrogen (secondary N) is 1. The molecular weight excluding hydrogens is 307 g/mol. The molecule has 0 radical (unpaired) electrons. The molecule has 1 rings (SSSR count). The Hall–Kier alpha value is -2.05. The number of aliphatic carboxylic acids is 1. The van der Waals surface area contributed by atoms with Crippen LogP contribution in [0.2, 0.25) is 0 Å². The molecule has 1 aromatic carbocycles. The molecule has 0 bridgehead atoms. The number of amides is 1. The molecule has 0 heterocycles. The first-order chi connectivity index (χ1) is 9.45. The molecule has 8 heteroatoms. The zero-order valence-corrected chi connectivity index (χ0v) is 11.8. The maximum absolute atomic E-state index is 11.7. The van der Waals surface area contributed by atoms with Crippen molar-refractivity contribution in [2.24, 2.45) is 5.10 Å². The number of halogens is 2. The van der Waals surface area contributed by atoms with Crippen molar-refractivity contribution in [2.45, 2.75) is 0 Å². The van der Waals surface area contributed by atoms with E-state index in [0.29, 0.717) is 11.3 Å². The van der Waals surface area contributed by atoms with Gasteiger partial charge >= 0.3 is 5.97 Å². The van der Waals surface area contributed by atoms with E-state index in [2.05, 4.69) is 10.5 Å². The van der Waals surface area contributed by atoms with E-state index < -0.39 is 16.9 Å². The number of carbonyl (C=O) groups is 2. The van der Waals surface area contributed by atoms with Crippen LogP contribution < -0.4 is 10.2 Å². The van der Waals surface area contributed by atoms with Crippen LogP contribution in [-0.2, 0) is 4.79 Å². The lowest BCUT2D eigenvalue weighted by molar-refractivity contribution is -0.131. The smallest absolute Gasteiger partial charge is 0.348 e. The number of carbonyl (C=O) groups excluding carboxylic acids is 1. The number of hydrogen-bond acceptors (Lipinski definition) is 4. The van der Waals surface area contributed by atoms with Gasteiger partial charge in [-0.1, -0.05) is 23.2 Å². The van der Waals surface area contributed by atoms with Crippen molar-refractivity contribution in [1.29, 1.82) is 0 Å². The molecule has 6 nitrogen and oxygen atoms in total. The summed E-state index contributed by atoms with van der Waals surface area (Å²) in [6.45, 7) is 0. The van der Waals surface area contributed by atoms with Gasteiger partial charge in [0.2, 0.25) is 0 Å². The molecule has 1 amide bonds. The monoisotopic (exact) mass is 316 g/mol. The summed E-state index contributed by atoms with van der Waals surface area (Å²) in [6.07, 6.45) is 0.930. The summed E-state index contributed by atoms with van der Waals surface area (Å²) in [7, 11) is 1.51. The van der Waals surface area contributed by atoms with Crippen molar-refractivity contribution in [3.63, 3.8) is 0 Å². The number of nitrogens with zero attached hydrogens (tertiary/aromatic N) is 1. The molecule has 0 aliphatic rings. The number of carboxylic acids is 1. The second-order valence-electron chi connectivity index (χ2n) is 3.39. The molecule has 0 aliphatic carbocycles. The van der Waals surface area contributed by atoms with E-state index in [0.717, 1.165) is 6.21 Å². The molecule has 0 atom stereocenters. The maximum Gasteiger partial charge on any atom is 0.348 e. The number of methoxy groups -OCH3 is 1. The number of carboxylic acid groups (broad SMARTS) is 1. The Morgan fingerprint density at radius 2 is 1.90 bits per heavy atom. The molecule has 0 spiro atoms. The van der Waals surface area contributed by atoms with E-state index in [1.807, 2.05) is 0 Å². The van der Waals surface area contributed by atoms with E-state index in [1.165, 1.54) is 7.11 Å². The molecule has 2 N–H and O–H groups in total. The summed E-state index contributed by atoms with van der Waals surface area (Å²) in [6, 6.07) is 6.33. The predicted molar refractivity (Wildman–Crippen MR) is 75.3 cm³/mol. The molecule has 1 aromatic rings. The highest BCUT2D eigenvalue weighted by Crippen LogP contribution is 2.12. The Labute approximate surface area is 124 Å². The molecule has 0 saturated heterocycles. The van der Waals surface area contributed by atoms with Crippen LogP contribution in [0.5, 0.6) is 5.75 Å². The van der Waals surface area contributed by atoms with Gasteiger partial charge in [-0.25, -0.2) is 10.2 Å². The van der Waals surface area contributed by atoms with E-state index in [1.54, 1.807) is 24.3 Å². The maximum atomic E-state index is 11.7. The fourth-order valence-corrected chi connectivity index (χ4v) is 1.29. The van der Waals surface area contributed by atoms with Gasteiger partial charge in [0.15, 0.2) is 0 Å². The van der Waals surface area contributed by atoms with E-state index in [-0.39, 0.29) is 5.03 Å². The van der Waals surface area contributed by atoms with Crippen LogP contribution in [0.4, 0.5) is 0 Å². The second kappa shape index (κ2) is 7.52. The van der Waals surface area contributed by atoms with Crippen LogP contribution in [0.3, 0.4) is 0 Å². The third-order valence-corrected chi connectivity index (χ3v) is 2.84. The quantitative estimate of drug-likeness (QED) is 0.495. The third kappa shape index (κ3) is 4.56. The summed E-state index contributed by atoms with van der Waals surface area (Å²) in [5, 5.41) is 11.2. The third-order valence-electron chi connectivity index (χ3n) is 2.09. The molecule has 0 aliphatic heterocycles. The lowest BCUT2D eigenvalue weighted by Gasteiger charge is -2.02. The molecule has 0 fully saturated rings. The van der Waals surface area contributed by atoms with Gasteiger partial charge in [-0.15, -0.1) is 0 Å². The number of benzene rings is 1. The first-order valence-corrected chi connectivity index (χ1v) is 5.97. The molecule has 0 unspecified atom stereocenters. The highest BCUT2D eigenvalue weighted by Gasteiger charge is 2.08. The fourth-order valence-electron chi connectivity index (χ4n) is 1.11. The highest BCUT2D eigenvalue weighted by molar-refractivity contribution is 6.51. The molecule has 20 heavy (non-hydrogen) atoms. The van der Waals surface area contributed by atoms with Crippen LogP contribution in [0.1, 0.15) is 10.4 Å². The first kappa shape index (κ1) is 16.0. The van der Waals surface area contributed by atoms with Crippen LogP contribution in [0.25, 0.3) is 0 Å². The number of hydrazone groups is 1. The molecule has 0 aromatic heterocycles. The van der Waals surface area contributed by atoms with Gasteiger partial charge in [-0.05, 0) is 24.3 Å².